The predicted molar refractivity (Wildman–Crippen MR) is 59.9 cm³/mol. The molecule has 3 N–H and O–H groups in total. The van der Waals surface area contributed by atoms with Gasteiger partial charge in [-0.2, -0.15) is 13.2 Å². The van der Waals surface area contributed by atoms with E-state index in [1.165, 1.54) is 0 Å². The Morgan fingerprint density at radius 1 is 1.32 bits per heavy atom. The molecule has 1 aliphatic carbocycles. The molecule has 0 saturated heterocycles. The summed E-state index contributed by atoms with van der Waals surface area (Å²) in [5.74, 6) is -1.82. The van der Waals surface area contributed by atoms with Crippen LogP contribution < -0.4 is 11.1 Å². The second kappa shape index (κ2) is 4.80. The topological polar surface area (TPSA) is 55.1 Å². The Labute approximate surface area is 106 Å². The van der Waals surface area contributed by atoms with Crippen LogP contribution in [0.2, 0.25) is 0 Å². The van der Waals surface area contributed by atoms with Crippen LogP contribution in [0.5, 0.6) is 0 Å². The highest BCUT2D eigenvalue weighted by atomic mass is 19.4. The molecule has 7 heteroatoms. The van der Waals surface area contributed by atoms with Crippen LogP contribution in [0.15, 0.2) is 18.2 Å². The SMILES string of the molecule is NC1CC(NC(=O)c2cc(C(F)(F)F)ccc2F)C1. The fraction of sp³-hybridized carbons (Fsp3) is 0.417. The first kappa shape index (κ1) is 13.8. The number of nitrogens with two attached hydrogens (primary N) is 1. The predicted octanol–water partition coefficient (Wildman–Crippen LogP) is 2.06. The Morgan fingerprint density at radius 2 is 1.95 bits per heavy atom. The maximum absolute atomic E-state index is 13.4. The Morgan fingerprint density at radius 3 is 2.47 bits per heavy atom. The zero-order chi connectivity index (χ0) is 14.2. The molecule has 1 aromatic rings. The number of nitrogens with one attached hydrogen (secondary N) is 1. The van der Waals surface area contributed by atoms with E-state index >= 15 is 0 Å². The molecule has 0 radical (unpaired) electrons. The number of carbonyl (C=O) groups is 1. The quantitative estimate of drug-likeness (QED) is 0.812. The number of hydrogen-bond donors (Lipinski definition) is 2. The van der Waals surface area contributed by atoms with Crippen molar-refractivity contribution in [2.45, 2.75) is 31.1 Å². The lowest BCUT2D eigenvalue weighted by Crippen LogP contribution is -2.50. The first-order chi connectivity index (χ1) is 8.77. The van der Waals surface area contributed by atoms with Crippen LogP contribution in [0.25, 0.3) is 0 Å². The van der Waals surface area contributed by atoms with Gasteiger partial charge in [0, 0.05) is 12.1 Å². The van der Waals surface area contributed by atoms with Gasteiger partial charge >= 0.3 is 6.18 Å². The summed E-state index contributed by atoms with van der Waals surface area (Å²) in [4.78, 5) is 11.7. The van der Waals surface area contributed by atoms with Gasteiger partial charge in [-0.15, -0.1) is 0 Å². The Hall–Kier alpha value is -1.63. The normalized spacial score (nSPS) is 22.8. The van der Waals surface area contributed by atoms with Crippen molar-refractivity contribution in [3.8, 4) is 0 Å². The summed E-state index contributed by atoms with van der Waals surface area (Å²) in [7, 11) is 0. The summed E-state index contributed by atoms with van der Waals surface area (Å²) in [6.07, 6.45) is -3.51. The van der Waals surface area contributed by atoms with Crippen LogP contribution in [0, 0.1) is 5.82 Å². The lowest BCUT2D eigenvalue weighted by Gasteiger charge is -2.33. The van der Waals surface area contributed by atoms with Crippen LogP contribution in [0.1, 0.15) is 28.8 Å². The Balaban J connectivity index is 2.16. The van der Waals surface area contributed by atoms with Crippen molar-refractivity contribution in [3.63, 3.8) is 0 Å². The van der Waals surface area contributed by atoms with Gasteiger partial charge in [-0.1, -0.05) is 0 Å². The summed E-state index contributed by atoms with van der Waals surface area (Å²) < 4.78 is 50.9. The van der Waals surface area contributed by atoms with Gasteiger partial charge in [-0.3, -0.25) is 4.79 Å². The molecule has 0 spiro atoms. The highest BCUT2D eigenvalue weighted by Gasteiger charge is 2.33. The summed E-state index contributed by atoms with van der Waals surface area (Å²) in [5, 5.41) is 2.46. The van der Waals surface area contributed by atoms with Crippen LogP contribution in [0.3, 0.4) is 0 Å². The van der Waals surface area contributed by atoms with Crippen molar-refractivity contribution in [1.82, 2.24) is 5.32 Å². The minimum Gasteiger partial charge on any atom is -0.349 e. The third-order valence-corrected chi connectivity index (χ3v) is 3.05. The minimum atomic E-state index is -4.61. The Bertz CT molecular complexity index is 495. The molecule has 1 fully saturated rings. The molecule has 1 aliphatic rings. The van der Waals surface area contributed by atoms with E-state index in [9.17, 15) is 22.4 Å². The molecular weight excluding hydrogens is 264 g/mol. The van der Waals surface area contributed by atoms with Crippen LogP contribution in [-0.4, -0.2) is 18.0 Å². The minimum absolute atomic E-state index is 0.0170. The molecule has 0 unspecified atom stereocenters. The molecule has 19 heavy (non-hydrogen) atoms. The third-order valence-electron chi connectivity index (χ3n) is 3.05. The highest BCUT2D eigenvalue weighted by Crippen LogP contribution is 2.30. The summed E-state index contributed by atoms with van der Waals surface area (Å²) in [5.41, 5.74) is 3.87. The van der Waals surface area contributed by atoms with E-state index in [0.29, 0.717) is 31.0 Å². The van der Waals surface area contributed by atoms with Crippen LogP contribution in [0.4, 0.5) is 17.6 Å². The van der Waals surface area contributed by atoms with Crippen molar-refractivity contribution in [3.05, 3.63) is 35.1 Å². The molecule has 1 saturated carbocycles. The number of benzene rings is 1. The van der Waals surface area contributed by atoms with Gasteiger partial charge in [-0.25, -0.2) is 4.39 Å². The zero-order valence-corrected chi connectivity index (χ0v) is 9.80. The van der Waals surface area contributed by atoms with E-state index in [1.54, 1.807) is 0 Å². The third kappa shape index (κ3) is 3.04. The maximum Gasteiger partial charge on any atom is 0.416 e. The number of rotatable bonds is 2. The van der Waals surface area contributed by atoms with E-state index in [1.807, 2.05) is 0 Å². The smallest absolute Gasteiger partial charge is 0.349 e. The van der Waals surface area contributed by atoms with Gasteiger partial charge in [-0.05, 0) is 31.0 Å². The van der Waals surface area contributed by atoms with Gasteiger partial charge in [0.25, 0.3) is 5.91 Å². The van der Waals surface area contributed by atoms with Gasteiger partial charge in [0.05, 0.1) is 11.1 Å². The Kier molecular flexibility index (Phi) is 3.49. The summed E-state index contributed by atoms with van der Waals surface area (Å²) in [6, 6.07) is 1.55. The second-order valence-corrected chi connectivity index (χ2v) is 4.59. The van der Waals surface area contributed by atoms with E-state index in [0.717, 1.165) is 0 Å². The number of carbonyl (C=O) groups excluding carboxylic acids is 1. The lowest BCUT2D eigenvalue weighted by atomic mass is 9.87. The molecule has 1 aromatic carbocycles. The van der Waals surface area contributed by atoms with Crippen molar-refractivity contribution >= 4 is 5.91 Å². The van der Waals surface area contributed by atoms with Crippen molar-refractivity contribution in [2.24, 2.45) is 5.73 Å². The molecule has 0 aromatic heterocycles. The van der Waals surface area contributed by atoms with Crippen molar-refractivity contribution in [2.75, 3.05) is 0 Å². The number of amides is 1. The molecular formula is C12H12F4N2O. The molecule has 104 valence electrons. The van der Waals surface area contributed by atoms with Crippen molar-refractivity contribution in [1.29, 1.82) is 0 Å². The first-order valence-electron chi connectivity index (χ1n) is 5.70. The standard InChI is InChI=1S/C12H12F4N2O/c13-10-2-1-6(12(14,15)16)3-9(10)11(19)18-8-4-7(17)5-8/h1-3,7-8H,4-5,17H2,(H,18,19). The number of alkyl halides is 3. The molecule has 0 atom stereocenters. The average Bonchev–Trinajstić information content (AvgIpc) is 2.25. The summed E-state index contributed by atoms with van der Waals surface area (Å²) >= 11 is 0. The second-order valence-electron chi connectivity index (χ2n) is 4.59. The molecule has 0 bridgehead atoms. The van der Waals surface area contributed by atoms with Gasteiger partial charge in [0.2, 0.25) is 0 Å². The van der Waals surface area contributed by atoms with Gasteiger partial charge < -0.3 is 11.1 Å². The average molecular weight is 276 g/mol. The monoisotopic (exact) mass is 276 g/mol. The van der Waals surface area contributed by atoms with E-state index in [4.69, 9.17) is 5.73 Å². The van der Waals surface area contributed by atoms with E-state index < -0.39 is 29.0 Å². The van der Waals surface area contributed by atoms with Crippen LogP contribution in [-0.2, 0) is 6.18 Å². The molecule has 1 amide bonds. The molecule has 0 aliphatic heterocycles. The number of halogens is 4. The summed E-state index contributed by atoms with van der Waals surface area (Å²) in [6.45, 7) is 0. The maximum atomic E-state index is 13.4. The fourth-order valence-corrected chi connectivity index (χ4v) is 1.92. The fourth-order valence-electron chi connectivity index (χ4n) is 1.92. The largest absolute Gasteiger partial charge is 0.416 e. The molecule has 2 rings (SSSR count). The van der Waals surface area contributed by atoms with Gasteiger partial charge in [0.15, 0.2) is 0 Å². The lowest BCUT2D eigenvalue weighted by molar-refractivity contribution is -0.137. The first-order valence-corrected chi connectivity index (χ1v) is 5.70. The van der Waals surface area contributed by atoms with Gasteiger partial charge in [0.1, 0.15) is 5.82 Å². The van der Waals surface area contributed by atoms with Crippen LogP contribution >= 0.6 is 0 Å². The van der Waals surface area contributed by atoms with Crippen molar-refractivity contribution < 1.29 is 22.4 Å². The number of hydrogen-bond acceptors (Lipinski definition) is 2. The molecule has 0 heterocycles. The molecule has 3 nitrogen and oxygen atoms in total. The van der Waals surface area contributed by atoms with E-state index in [-0.39, 0.29) is 12.1 Å². The van der Waals surface area contributed by atoms with E-state index in [2.05, 4.69) is 5.32 Å². The highest BCUT2D eigenvalue weighted by molar-refractivity contribution is 5.95. The zero-order valence-electron chi connectivity index (χ0n) is 9.80.